The predicted molar refractivity (Wildman–Crippen MR) is 64.2 cm³/mol. The van der Waals surface area contributed by atoms with Crippen LogP contribution in [0.15, 0.2) is 0 Å². The molecule has 3 atom stereocenters. The Morgan fingerprint density at radius 2 is 1.59 bits per heavy atom. The molecule has 0 aliphatic rings. The van der Waals surface area contributed by atoms with E-state index in [-0.39, 0.29) is 18.8 Å². The first kappa shape index (κ1) is 16.4. The molecule has 0 heterocycles. The third-order valence-corrected chi connectivity index (χ3v) is 2.15. The lowest BCUT2D eigenvalue weighted by Gasteiger charge is -2.18. The summed E-state index contributed by atoms with van der Waals surface area (Å²) in [7, 11) is 0. The van der Waals surface area contributed by atoms with Gasteiger partial charge in [-0.2, -0.15) is 0 Å². The Bertz CT molecular complexity index is 207. The topological polar surface area (TPSA) is 65.0 Å². The quantitative estimate of drug-likeness (QED) is 0.637. The van der Waals surface area contributed by atoms with Gasteiger partial charge in [-0.15, -0.1) is 0 Å². The molecule has 5 nitrogen and oxygen atoms in total. The van der Waals surface area contributed by atoms with Crippen molar-refractivity contribution in [1.29, 1.82) is 0 Å². The Labute approximate surface area is 103 Å². The molecule has 0 amide bonds. The molecule has 0 aromatic carbocycles. The van der Waals surface area contributed by atoms with Gasteiger partial charge in [0.1, 0.15) is 0 Å². The van der Waals surface area contributed by atoms with Crippen molar-refractivity contribution in [3.05, 3.63) is 0 Å². The first-order valence-electron chi connectivity index (χ1n) is 6.05. The molecule has 0 bridgehead atoms. The van der Waals surface area contributed by atoms with E-state index in [9.17, 15) is 4.79 Å². The molecule has 102 valence electrons. The molecular weight excluding hydrogens is 224 g/mol. The van der Waals surface area contributed by atoms with Crippen LogP contribution in [0.2, 0.25) is 0 Å². The summed E-state index contributed by atoms with van der Waals surface area (Å²) >= 11 is 0. The SMILES string of the molecule is CCCOC(C)COC(C)COC(C)C(=O)O. The number of hydrogen-bond acceptors (Lipinski definition) is 4. The molecule has 0 radical (unpaired) electrons. The second kappa shape index (κ2) is 9.39. The zero-order valence-corrected chi connectivity index (χ0v) is 11.1. The van der Waals surface area contributed by atoms with Crippen molar-refractivity contribution in [2.24, 2.45) is 0 Å². The molecule has 0 spiro atoms. The van der Waals surface area contributed by atoms with Gasteiger partial charge in [-0.05, 0) is 27.2 Å². The molecule has 0 saturated heterocycles. The van der Waals surface area contributed by atoms with Gasteiger partial charge in [0.15, 0.2) is 6.10 Å². The Kier molecular flexibility index (Phi) is 9.03. The lowest BCUT2D eigenvalue weighted by Crippen LogP contribution is -2.28. The maximum Gasteiger partial charge on any atom is 0.332 e. The Morgan fingerprint density at radius 3 is 2.12 bits per heavy atom. The van der Waals surface area contributed by atoms with Gasteiger partial charge in [0.25, 0.3) is 0 Å². The van der Waals surface area contributed by atoms with Crippen molar-refractivity contribution in [2.75, 3.05) is 19.8 Å². The summed E-state index contributed by atoms with van der Waals surface area (Å²) in [5, 5.41) is 8.62. The van der Waals surface area contributed by atoms with Gasteiger partial charge in [-0.3, -0.25) is 0 Å². The van der Waals surface area contributed by atoms with Crippen molar-refractivity contribution in [3.8, 4) is 0 Å². The lowest BCUT2D eigenvalue weighted by molar-refractivity contribution is -0.152. The third-order valence-electron chi connectivity index (χ3n) is 2.15. The lowest BCUT2D eigenvalue weighted by atomic mass is 10.3. The molecule has 3 unspecified atom stereocenters. The van der Waals surface area contributed by atoms with Crippen LogP contribution in [-0.2, 0) is 19.0 Å². The van der Waals surface area contributed by atoms with Gasteiger partial charge < -0.3 is 19.3 Å². The number of hydrogen-bond donors (Lipinski definition) is 1. The highest BCUT2D eigenvalue weighted by Crippen LogP contribution is 2.00. The molecular formula is C12H24O5. The van der Waals surface area contributed by atoms with Crippen LogP contribution in [0.25, 0.3) is 0 Å². The van der Waals surface area contributed by atoms with E-state index < -0.39 is 12.1 Å². The summed E-state index contributed by atoms with van der Waals surface area (Å²) < 4.78 is 16.0. The Balaban J connectivity index is 3.58. The second-order valence-corrected chi connectivity index (χ2v) is 4.14. The van der Waals surface area contributed by atoms with Gasteiger partial charge in [0.2, 0.25) is 0 Å². The van der Waals surface area contributed by atoms with E-state index in [1.54, 1.807) is 0 Å². The standard InChI is InChI=1S/C12H24O5/c1-5-6-15-9(2)7-16-10(3)8-17-11(4)12(13)14/h9-11H,5-8H2,1-4H3,(H,13,14). The molecule has 0 aliphatic carbocycles. The van der Waals surface area contributed by atoms with E-state index in [0.29, 0.717) is 6.61 Å². The maximum absolute atomic E-state index is 10.5. The minimum atomic E-state index is -0.961. The summed E-state index contributed by atoms with van der Waals surface area (Å²) in [6.45, 7) is 8.84. The van der Waals surface area contributed by atoms with Gasteiger partial charge >= 0.3 is 5.97 Å². The fourth-order valence-corrected chi connectivity index (χ4v) is 1.07. The third kappa shape index (κ3) is 9.09. The number of rotatable bonds is 10. The van der Waals surface area contributed by atoms with Crippen LogP contribution in [0, 0.1) is 0 Å². The van der Waals surface area contributed by atoms with Crippen molar-refractivity contribution < 1.29 is 24.1 Å². The average molecular weight is 248 g/mol. The van der Waals surface area contributed by atoms with Crippen LogP contribution >= 0.6 is 0 Å². The number of ether oxygens (including phenoxy) is 3. The van der Waals surface area contributed by atoms with E-state index in [2.05, 4.69) is 6.92 Å². The van der Waals surface area contributed by atoms with Crippen LogP contribution < -0.4 is 0 Å². The van der Waals surface area contributed by atoms with Gasteiger partial charge in [0.05, 0.1) is 25.4 Å². The molecule has 0 rings (SSSR count). The number of carbonyl (C=O) groups is 1. The fourth-order valence-electron chi connectivity index (χ4n) is 1.07. The number of aliphatic carboxylic acids is 1. The average Bonchev–Trinajstić information content (AvgIpc) is 2.30. The fraction of sp³-hybridized carbons (Fsp3) is 0.917. The minimum Gasteiger partial charge on any atom is -0.479 e. The van der Waals surface area contributed by atoms with Crippen molar-refractivity contribution in [2.45, 2.75) is 52.4 Å². The summed E-state index contributed by atoms with van der Waals surface area (Å²) in [6.07, 6.45) is 0.104. The summed E-state index contributed by atoms with van der Waals surface area (Å²) in [5.74, 6) is -0.961. The molecule has 0 aliphatic heterocycles. The zero-order chi connectivity index (χ0) is 13.3. The monoisotopic (exact) mass is 248 g/mol. The van der Waals surface area contributed by atoms with E-state index in [4.69, 9.17) is 19.3 Å². The van der Waals surface area contributed by atoms with Crippen molar-refractivity contribution in [1.82, 2.24) is 0 Å². The highest BCUT2D eigenvalue weighted by Gasteiger charge is 2.13. The van der Waals surface area contributed by atoms with E-state index in [1.807, 2.05) is 13.8 Å². The first-order chi connectivity index (χ1) is 7.97. The minimum absolute atomic E-state index is 0.0503. The molecule has 0 aromatic heterocycles. The highest BCUT2D eigenvalue weighted by molar-refractivity contribution is 5.71. The number of carboxylic acid groups (broad SMARTS) is 1. The zero-order valence-electron chi connectivity index (χ0n) is 11.1. The molecule has 1 N–H and O–H groups in total. The van der Waals surface area contributed by atoms with E-state index >= 15 is 0 Å². The summed E-state index contributed by atoms with van der Waals surface area (Å²) in [4.78, 5) is 10.5. The Hall–Kier alpha value is -0.650. The smallest absolute Gasteiger partial charge is 0.332 e. The van der Waals surface area contributed by atoms with E-state index in [1.165, 1.54) is 6.92 Å². The summed E-state index contributed by atoms with van der Waals surface area (Å²) in [5.41, 5.74) is 0. The molecule has 5 heteroatoms. The number of carboxylic acids is 1. The largest absolute Gasteiger partial charge is 0.479 e. The second-order valence-electron chi connectivity index (χ2n) is 4.14. The maximum atomic E-state index is 10.5. The van der Waals surface area contributed by atoms with Crippen molar-refractivity contribution in [3.63, 3.8) is 0 Å². The Morgan fingerprint density at radius 1 is 1.06 bits per heavy atom. The van der Waals surface area contributed by atoms with E-state index in [0.717, 1.165) is 13.0 Å². The van der Waals surface area contributed by atoms with Gasteiger partial charge in [0, 0.05) is 6.61 Å². The van der Waals surface area contributed by atoms with Gasteiger partial charge in [-0.1, -0.05) is 6.92 Å². The first-order valence-corrected chi connectivity index (χ1v) is 6.05. The van der Waals surface area contributed by atoms with Crippen LogP contribution in [0.5, 0.6) is 0 Å². The van der Waals surface area contributed by atoms with Gasteiger partial charge in [-0.25, -0.2) is 4.79 Å². The highest BCUT2D eigenvalue weighted by atomic mass is 16.6. The normalized spacial score (nSPS) is 16.5. The van der Waals surface area contributed by atoms with Crippen molar-refractivity contribution >= 4 is 5.97 Å². The molecule has 17 heavy (non-hydrogen) atoms. The molecule has 0 aromatic rings. The van der Waals surface area contributed by atoms with Crippen LogP contribution in [-0.4, -0.2) is 49.2 Å². The van der Waals surface area contributed by atoms with Crippen LogP contribution in [0.1, 0.15) is 34.1 Å². The van der Waals surface area contributed by atoms with Crippen LogP contribution in [0.4, 0.5) is 0 Å². The van der Waals surface area contributed by atoms with Crippen LogP contribution in [0.3, 0.4) is 0 Å². The predicted octanol–water partition coefficient (Wildman–Crippen LogP) is 1.70. The molecule has 0 saturated carbocycles. The summed E-state index contributed by atoms with van der Waals surface area (Å²) in [6, 6.07) is 0. The molecule has 0 fully saturated rings.